The van der Waals surface area contributed by atoms with Gasteiger partial charge in [0, 0.05) is 25.6 Å². The Labute approximate surface area is 91.9 Å². The van der Waals surface area contributed by atoms with Crippen LogP contribution in [0.5, 0.6) is 0 Å². The molecule has 0 rings (SSSR count). The second kappa shape index (κ2) is 8.49. The Balaban J connectivity index is 3.60. The number of nitrogens with zero attached hydrogens (tertiary/aromatic N) is 2. The fraction of sp³-hybridized carbons (Fsp3) is 0.900. The van der Waals surface area contributed by atoms with Crippen LogP contribution < -0.4 is 5.73 Å². The van der Waals surface area contributed by atoms with Crippen LogP contribution in [0.3, 0.4) is 0 Å². The lowest BCUT2D eigenvalue weighted by molar-refractivity contribution is 0.110. The lowest BCUT2D eigenvalue weighted by Gasteiger charge is -2.20. The lowest BCUT2D eigenvalue weighted by Crippen LogP contribution is -2.34. The van der Waals surface area contributed by atoms with Crippen molar-refractivity contribution in [1.82, 2.24) is 4.90 Å². The van der Waals surface area contributed by atoms with Crippen LogP contribution in [0.2, 0.25) is 0 Å². The van der Waals surface area contributed by atoms with Crippen molar-refractivity contribution in [3.63, 3.8) is 0 Å². The van der Waals surface area contributed by atoms with Crippen LogP contribution in [-0.4, -0.2) is 49.3 Å². The van der Waals surface area contributed by atoms with Gasteiger partial charge in [-0.2, -0.15) is 0 Å². The van der Waals surface area contributed by atoms with E-state index in [-0.39, 0.29) is 11.8 Å². The highest BCUT2D eigenvalue weighted by atomic mass is 16.5. The van der Waals surface area contributed by atoms with Crippen LogP contribution in [0.1, 0.15) is 20.3 Å². The van der Waals surface area contributed by atoms with E-state index >= 15 is 0 Å². The maximum Gasteiger partial charge on any atom is 0.143 e. The van der Waals surface area contributed by atoms with Gasteiger partial charge in [-0.3, -0.25) is 0 Å². The van der Waals surface area contributed by atoms with Gasteiger partial charge in [0.15, 0.2) is 0 Å². The summed E-state index contributed by atoms with van der Waals surface area (Å²) in [7, 11) is 2.00. The van der Waals surface area contributed by atoms with Gasteiger partial charge in [0.2, 0.25) is 0 Å². The van der Waals surface area contributed by atoms with E-state index in [9.17, 15) is 0 Å². The van der Waals surface area contributed by atoms with Crippen LogP contribution in [0.25, 0.3) is 0 Å². The number of hydrogen-bond acceptors (Lipinski definition) is 4. The van der Waals surface area contributed by atoms with E-state index in [4.69, 9.17) is 15.7 Å². The Morgan fingerprint density at radius 2 is 2.20 bits per heavy atom. The molecule has 0 heterocycles. The largest absolute Gasteiger partial charge is 0.409 e. The zero-order valence-corrected chi connectivity index (χ0v) is 9.94. The average Bonchev–Trinajstić information content (AvgIpc) is 2.23. The van der Waals surface area contributed by atoms with Crippen LogP contribution in [-0.2, 0) is 4.74 Å². The van der Waals surface area contributed by atoms with E-state index in [1.54, 1.807) is 0 Å². The molecule has 90 valence electrons. The molecule has 0 aromatic heterocycles. The Bertz CT molecular complexity index is 186. The summed E-state index contributed by atoms with van der Waals surface area (Å²) in [5.41, 5.74) is 5.48. The maximum absolute atomic E-state index is 8.48. The van der Waals surface area contributed by atoms with Gasteiger partial charge in [-0.15, -0.1) is 0 Å². The zero-order chi connectivity index (χ0) is 11.7. The van der Waals surface area contributed by atoms with Crippen molar-refractivity contribution in [3.05, 3.63) is 0 Å². The highest BCUT2D eigenvalue weighted by molar-refractivity contribution is 5.82. The second-order valence-electron chi connectivity index (χ2n) is 3.80. The van der Waals surface area contributed by atoms with Crippen molar-refractivity contribution >= 4 is 5.84 Å². The van der Waals surface area contributed by atoms with Gasteiger partial charge < -0.3 is 20.6 Å². The number of rotatable bonds is 8. The van der Waals surface area contributed by atoms with Crippen molar-refractivity contribution < 1.29 is 9.94 Å². The molecule has 1 atom stereocenters. The normalized spacial score (nSPS) is 14.5. The van der Waals surface area contributed by atoms with E-state index in [2.05, 4.69) is 17.0 Å². The van der Waals surface area contributed by atoms with Gasteiger partial charge >= 0.3 is 0 Å². The number of hydrogen-bond donors (Lipinski definition) is 2. The summed E-state index contributed by atoms with van der Waals surface area (Å²) in [6.07, 6.45) is 1.05. The molecule has 0 radical (unpaired) electrons. The SMILES string of the molecule is CCCOCCN(C)CC(C)C(N)=NO. The topological polar surface area (TPSA) is 71.1 Å². The van der Waals surface area contributed by atoms with Crippen molar-refractivity contribution in [2.24, 2.45) is 16.8 Å². The van der Waals surface area contributed by atoms with Gasteiger partial charge in [-0.25, -0.2) is 0 Å². The van der Waals surface area contributed by atoms with Crippen LogP contribution in [0.15, 0.2) is 5.16 Å². The second-order valence-corrected chi connectivity index (χ2v) is 3.80. The first kappa shape index (κ1) is 14.2. The minimum atomic E-state index is 0.0613. The molecular weight excluding hydrogens is 194 g/mol. The predicted octanol–water partition coefficient (Wildman–Crippen LogP) is 0.727. The molecule has 0 saturated heterocycles. The van der Waals surface area contributed by atoms with Crippen molar-refractivity contribution in [3.8, 4) is 0 Å². The lowest BCUT2D eigenvalue weighted by atomic mass is 10.1. The van der Waals surface area contributed by atoms with Gasteiger partial charge in [0.25, 0.3) is 0 Å². The molecule has 0 aliphatic carbocycles. The van der Waals surface area contributed by atoms with Crippen LogP contribution in [0, 0.1) is 5.92 Å². The third kappa shape index (κ3) is 7.16. The monoisotopic (exact) mass is 217 g/mol. The summed E-state index contributed by atoms with van der Waals surface area (Å²) in [5, 5.41) is 11.5. The first-order valence-corrected chi connectivity index (χ1v) is 5.35. The maximum atomic E-state index is 8.48. The molecule has 1 unspecified atom stereocenters. The molecule has 5 nitrogen and oxygen atoms in total. The molecule has 15 heavy (non-hydrogen) atoms. The highest BCUT2D eigenvalue weighted by Crippen LogP contribution is 1.98. The molecule has 0 aliphatic heterocycles. The van der Waals surface area contributed by atoms with Gasteiger partial charge in [0.1, 0.15) is 5.84 Å². The Hall–Kier alpha value is -0.810. The van der Waals surface area contributed by atoms with Gasteiger partial charge in [-0.1, -0.05) is 19.0 Å². The standard InChI is InChI=1S/C10H23N3O2/c1-4-6-15-7-5-13(3)8-9(2)10(11)12-14/h9,14H,4-8H2,1-3H3,(H2,11,12). The molecular formula is C10H23N3O2. The summed E-state index contributed by atoms with van der Waals surface area (Å²) >= 11 is 0. The Morgan fingerprint density at radius 3 is 2.73 bits per heavy atom. The minimum Gasteiger partial charge on any atom is -0.409 e. The first-order valence-electron chi connectivity index (χ1n) is 5.35. The number of ether oxygens (including phenoxy) is 1. The van der Waals surface area contributed by atoms with Crippen LogP contribution >= 0.6 is 0 Å². The minimum absolute atomic E-state index is 0.0613. The van der Waals surface area contributed by atoms with Crippen LogP contribution in [0.4, 0.5) is 0 Å². The van der Waals surface area contributed by atoms with E-state index in [1.165, 1.54) is 0 Å². The van der Waals surface area contributed by atoms with Crippen molar-refractivity contribution in [2.75, 3.05) is 33.4 Å². The number of nitrogens with two attached hydrogens (primary N) is 1. The first-order chi connectivity index (χ1) is 7.11. The van der Waals surface area contributed by atoms with E-state index < -0.39 is 0 Å². The third-order valence-corrected chi connectivity index (χ3v) is 2.17. The molecule has 3 N–H and O–H groups in total. The Kier molecular flexibility index (Phi) is 8.04. The smallest absolute Gasteiger partial charge is 0.143 e. The summed E-state index contributed by atoms with van der Waals surface area (Å²) in [6, 6.07) is 0. The van der Waals surface area contributed by atoms with Gasteiger partial charge in [0.05, 0.1) is 6.61 Å². The quantitative estimate of drug-likeness (QED) is 0.207. The van der Waals surface area contributed by atoms with E-state index in [1.807, 2.05) is 14.0 Å². The molecule has 5 heteroatoms. The molecule has 0 aliphatic rings. The third-order valence-electron chi connectivity index (χ3n) is 2.17. The molecule has 0 fully saturated rings. The van der Waals surface area contributed by atoms with E-state index in [0.29, 0.717) is 0 Å². The predicted molar refractivity (Wildman–Crippen MR) is 61.2 cm³/mol. The van der Waals surface area contributed by atoms with Gasteiger partial charge in [-0.05, 0) is 13.5 Å². The van der Waals surface area contributed by atoms with Crippen molar-refractivity contribution in [1.29, 1.82) is 0 Å². The summed E-state index contributed by atoms with van der Waals surface area (Å²) in [5.74, 6) is 0.336. The van der Waals surface area contributed by atoms with E-state index in [0.717, 1.165) is 32.7 Å². The molecule has 0 aromatic carbocycles. The van der Waals surface area contributed by atoms with Crippen molar-refractivity contribution in [2.45, 2.75) is 20.3 Å². The fourth-order valence-electron chi connectivity index (χ4n) is 1.22. The summed E-state index contributed by atoms with van der Waals surface area (Å²) in [6.45, 7) is 7.19. The number of likely N-dealkylation sites (N-methyl/N-ethyl adjacent to an activating group) is 1. The zero-order valence-electron chi connectivity index (χ0n) is 9.94. The molecule has 0 aromatic rings. The molecule has 0 spiro atoms. The fourth-order valence-corrected chi connectivity index (χ4v) is 1.22. The number of oxime groups is 1. The molecule has 0 saturated carbocycles. The summed E-state index contributed by atoms with van der Waals surface area (Å²) < 4.78 is 5.37. The Morgan fingerprint density at radius 1 is 1.53 bits per heavy atom. The summed E-state index contributed by atoms with van der Waals surface area (Å²) in [4.78, 5) is 2.11. The molecule has 0 amide bonds. The number of amidine groups is 1. The average molecular weight is 217 g/mol. The molecule has 0 bridgehead atoms. The highest BCUT2D eigenvalue weighted by Gasteiger charge is 2.10.